The minimum Gasteiger partial charge on any atom is -0.483 e. The molecule has 0 saturated carbocycles. The van der Waals surface area contributed by atoms with E-state index in [1.165, 1.54) is 5.56 Å². The fraction of sp³-hybridized carbons (Fsp3) is 0.481. The molecule has 0 saturated heterocycles. The molecule has 0 unspecified atom stereocenters. The summed E-state index contributed by atoms with van der Waals surface area (Å²) in [4.78, 5) is 28.0. The van der Waals surface area contributed by atoms with Crippen LogP contribution in [0.1, 0.15) is 65.0 Å². The molecule has 2 aromatic rings. The van der Waals surface area contributed by atoms with Gasteiger partial charge in [-0.1, -0.05) is 57.2 Å². The van der Waals surface area contributed by atoms with E-state index in [0.717, 1.165) is 10.0 Å². The van der Waals surface area contributed by atoms with E-state index in [2.05, 4.69) is 35.1 Å². The first-order valence-corrected chi connectivity index (χ1v) is 12.4. The van der Waals surface area contributed by atoms with Gasteiger partial charge in [-0.15, -0.1) is 0 Å². The molecule has 0 spiro atoms. The van der Waals surface area contributed by atoms with Crippen molar-refractivity contribution in [1.82, 2.24) is 10.2 Å². The lowest BCUT2D eigenvalue weighted by Crippen LogP contribution is -2.54. The number of rotatable bonds is 10. The molecule has 2 amide bonds. The van der Waals surface area contributed by atoms with Crippen molar-refractivity contribution in [2.24, 2.45) is 0 Å². The molecule has 2 aromatic carbocycles. The second-order valence-corrected chi connectivity index (χ2v) is 10.5. The first-order chi connectivity index (χ1) is 15.5. The lowest BCUT2D eigenvalue weighted by Gasteiger charge is -2.33. The van der Waals surface area contributed by atoms with Gasteiger partial charge in [-0.3, -0.25) is 9.59 Å². The molecule has 5 nitrogen and oxygen atoms in total. The molecular formula is C27H37BrN2O3. The van der Waals surface area contributed by atoms with E-state index >= 15 is 0 Å². The van der Waals surface area contributed by atoms with Gasteiger partial charge in [-0.2, -0.15) is 0 Å². The number of nitrogens with one attached hydrogen (secondary N) is 1. The van der Waals surface area contributed by atoms with Crippen molar-refractivity contribution < 1.29 is 14.3 Å². The van der Waals surface area contributed by atoms with Crippen molar-refractivity contribution in [2.75, 3.05) is 13.2 Å². The van der Waals surface area contributed by atoms with Gasteiger partial charge in [0.2, 0.25) is 5.91 Å². The van der Waals surface area contributed by atoms with Gasteiger partial charge in [0.05, 0.1) is 4.47 Å². The third-order valence-electron chi connectivity index (χ3n) is 5.34. The number of nitrogens with zero attached hydrogens (tertiary/aromatic N) is 1. The van der Waals surface area contributed by atoms with E-state index in [-0.39, 0.29) is 24.0 Å². The summed E-state index contributed by atoms with van der Waals surface area (Å²) >= 11 is 3.55. The lowest BCUT2D eigenvalue weighted by atomic mass is 10.0. The third kappa shape index (κ3) is 8.50. The van der Waals surface area contributed by atoms with E-state index in [1.807, 2.05) is 76.2 Å². The van der Waals surface area contributed by atoms with Gasteiger partial charge >= 0.3 is 0 Å². The highest BCUT2D eigenvalue weighted by atomic mass is 79.9. The molecular weight excluding hydrogens is 480 g/mol. The third-order valence-corrected chi connectivity index (χ3v) is 5.96. The van der Waals surface area contributed by atoms with Crippen molar-refractivity contribution in [3.8, 4) is 5.75 Å². The standard InChI is InChI=1S/C27H37BrN2O3/c1-7-23(26(32)29-27(4,5)6)30(16-15-20-11-9-8-10-12-20)25(31)18-33-24-14-13-21(19(2)3)17-22(24)28/h8-14,17,19,23H,7,15-16,18H2,1-6H3,(H,29,32)/t23-/m0/s1. The second kappa shape index (κ2) is 12.2. The molecule has 33 heavy (non-hydrogen) atoms. The zero-order valence-electron chi connectivity index (χ0n) is 20.7. The Balaban J connectivity index is 2.18. The molecule has 0 aliphatic carbocycles. The van der Waals surface area contributed by atoms with Gasteiger partial charge in [-0.25, -0.2) is 0 Å². The van der Waals surface area contributed by atoms with Gasteiger partial charge in [0.1, 0.15) is 11.8 Å². The molecule has 2 rings (SSSR count). The van der Waals surface area contributed by atoms with E-state index in [4.69, 9.17) is 4.74 Å². The fourth-order valence-electron chi connectivity index (χ4n) is 3.56. The molecule has 0 aromatic heterocycles. The summed E-state index contributed by atoms with van der Waals surface area (Å²) in [6.45, 7) is 12.3. The largest absolute Gasteiger partial charge is 0.483 e. The SMILES string of the molecule is CC[C@@H](C(=O)NC(C)(C)C)N(CCc1ccccc1)C(=O)COc1ccc(C(C)C)cc1Br. The summed E-state index contributed by atoms with van der Waals surface area (Å²) in [5, 5.41) is 3.02. The molecule has 0 bridgehead atoms. The number of amides is 2. The maximum absolute atomic E-state index is 13.3. The minimum atomic E-state index is -0.559. The summed E-state index contributed by atoms with van der Waals surface area (Å²) in [6, 6.07) is 15.3. The maximum Gasteiger partial charge on any atom is 0.261 e. The number of carbonyl (C=O) groups is 2. The van der Waals surface area contributed by atoms with Crippen LogP contribution in [-0.4, -0.2) is 41.4 Å². The van der Waals surface area contributed by atoms with Crippen LogP contribution in [0.2, 0.25) is 0 Å². The number of benzene rings is 2. The topological polar surface area (TPSA) is 58.6 Å². The highest BCUT2D eigenvalue weighted by Crippen LogP contribution is 2.29. The second-order valence-electron chi connectivity index (χ2n) is 9.62. The fourth-order valence-corrected chi connectivity index (χ4v) is 4.08. The van der Waals surface area contributed by atoms with E-state index in [0.29, 0.717) is 31.1 Å². The number of ether oxygens (including phenoxy) is 1. The van der Waals surface area contributed by atoms with Crippen LogP contribution in [0.4, 0.5) is 0 Å². The van der Waals surface area contributed by atoms with Crippen LogP contribution < -0.4 is 10.1 Å². The average molecular weight is 518 g/mol. The summed E-state index contributed by atoms with van der Waals surface area (Å²) in [5.41, 5.74) is 1.93. The maximum atomic E-state index is 13.3. The molecule has 0 fully saturated rings. The van der Waals surface area contributed by atoms with Crippen LogP contribution in [0.3, 0.4) is 0 Å². The predicted molar refractivity (Wildman–Crippen MR) is 138 cm³/mol. The van der Waals surface area contributed by atoms with Crippen molar-refractivity contribution in [2.45, 2.75) is 71.9 Å². The molecule has 1 N–H and O–H groups in total. The van der Waals surface area contributed by atoms with Gasteiger partial charge in [0.25, 0.3) is 5.91 Å². The molecule has 0 radical (unpaired) electrons. The zero-order chi connectivity index (χ0) is 24.6. The summed E-state index contributed by atoms with van der Waals surface area (Å²) in [5.74, 6) is 0.663. The van der Waals surface area contributed by atoms with Crippen LogP contribution in [0, 0.1) is 0 Å². The lowest BCUT2D eigenvalue weighted by molar-refractivity contribution is -0.142. The number of hydrogen-bond donors (Lipinski definition) is 1. The molecule has 6 heteroatoms. The number of hydrogen-bond acceptors (Lipinski definition) is 3. The Kier molecular flexibility index (Phi) is 9.96. The van der Waals surface area contributed by atoms with Crippen molar-refractivity contribution >= 4 is 27.7 Å². The Bertz CT molecular complexity index is 923. The van der Waals surface area contributed by atoms with E-state index in [9.17, 15) is 9.59 Å². The van der Waals surface area contributed by atoms with Crippen molar-refractivity contribution in [3.63, 3.8) is 0 Å². The molecule has 0 aliphatic rings. The van der Waals surface area contributed by atoms with Crippen LogP contribution >= 0.6 is 15.9 Å². The van der Waals surface area contributed by atoms with Gasteiger partial charge in [0, 0.05) is 12.1 Å². The monoisotopic (exact) mass is 516 g/mol. The van der Waals surface area contributed by atoms with Crippen LogP contribution in [0.15, 0.2) is 53.0 Å². The van der Waals surface area contributed by atoms with Crippen LogP contribution in [0.25, 0.3) is 0 Å². The quantitative estimate of drug-likeness (QED) is 0.439. The van der Waals surface area contributed by atoms with E-state index in [1.54, 1.807) is 4.90 Å². The molecule has 0 heterocycles. The Morgan fingerprint density at radius 1 is 1.09 bits per heavy atom. The van der Waals surface area contributed by atoms with Crippen molar-refractivity contribution in [1.29, 1.82) is 0 Å². The molecule has 1 atom stereocenters. The Morgan fingerprint density at radius 2 is 1.76 bits per heavy atom. The molecule has 180 valence electrons. The Hall–Kier alpha value is -2.34. The van der Waals surface area contributed by atoms with Crippen LogP contribution in [0.5, 0.6) is 5.75 Å². The minimum absolute atomic E-state index is 0.131. The summed E-state index contributed by atoms with van der Waals surface area (Å²) < 4.78 is 6.69. The molecule has 0 aliphatic heterocycles. The normalized spacial score (nSPS) is 12.4. The first kappa shape index (κ1) is 26.9. The smallest absolute Gasteiger partial charge is 0.261 e. The number of carbonyl (C=O) groups excluding carboxylic acids is 2. The highest BCUT2D eigenvalue weighted by molar-refractivity contribution is 9.10. The zero-order valence-corrected chi connectivity index (χ0v) is 22.2. The van der Waals surface area contributed by atoms with Gasteiger partial charge in [-0.05, 0) is 78.7 Å². The number of halogens is 1. The van der Waals surface area contributed by atoms with E-state index < -0.39 is 6.04 Å². The van der Waals surface area contributed by atoms with Crippen molar-refractivity contribution in [3.05, 3.63) is 64.1 Å². The van der Waals surface area contributed by atoms with Gasteiger partial charge in [0.15, 0.2) is 6.61 Å². The van der Waals surface area contributed by atoms with Crippen LogP contribution in [-0.2, 0) is 16.0 Å². The highest BCUT2D eigenvalue weighted by Gasteiger charge is 2.30. The average Bonchev–Trinajstić information content (AvgIpc) is 2.74. The Morgan fingerprint density at radius 3 is 2.30 bits per heavy atom. The predicted octanol–water partition coefficient (Wildman–Crippen LogP) is 5.72. The van der Waals surface area contributed by atoms with Gasteiger partial charge < -0.3 is 15.0 Å². The first-order valence-electron chi connectivity index (χ1n) is 11.6. The summed E-state index contributed by atoms with van der Waals surface area (Å²) in [6.07, 6.45) is 1.19. The Labute approximate surface area is 207 Å². The summed E-state index contributed by atoms with van der Waals surface area (Å²) in [7, 11) is 0.